The molecule has 0 fully saturated rings. The van der Waals surface area contributed by atoms with Gasteiger partial charge in [-0.25, -0.2) is 9.50 Å². The second-order valence-electron chi connectivity index (χ2n) is 5.89. The summed E-state index contributed by atoms with van der Waals surface area (Å²) >= 11 is 7.50. The normalized spacial score (nSPS) is 12.2. The molecule has 4 aromatic rings. The molecule has 3 heterocycles. The Morgan fingerprint density at radius 3 is 2.89 bits per heavy atom. The molecule has 136 valence electrons. The van der Waals surface area contributed by atoms with Gasteiger partial charge in [0, 0.05) is 22.8 Å². The van der Waals surface area contributed by atoms with Crippen molar-refractivity contribution in [2.75, 3.05) is 0 Å². The summed E-state index contributed by atoms with van der Waals surface area (Å²) < 4.78 is 7.75. The largest absolute Gasteiger partial charge is 0.484 e. The number of fused-ring (bicyclic) bond motifs is 1. The van der Waals surface area contributed by atoms with Crippen LogP contribution in [-0.4, -0.2) is 20.5 Å². The fraction of sp³-hybridized carbons (Fsp3) is 0.105. The Balaban J connectivity index is 1.73. The van der Waals surface area contributed by atoms with E-state index in [1.165, 1.54) is 11.3 Å². The Kier molecular flexibility index (Phi) is 4.55. The van der Waals surface area contributed by atoms with Crippen molar-refractivity contribution in [3.8, 4) is 16.3 Å². The van der Waals surface area contributed by atoms with Crippen LogP contribution in [0, 0.1) is 0 Å². The molecule has 6 nitrogen and oxygen atoms in total. The topological polar surface area (TPSA) is 82.5 Å². The first kappa shape index (κ1) is 17.5. The molecule has 3 aromatic heterocycles. The molecule has 0 radical (unpaired) electrons. The number of nitrogens with zero attached hydrogens (tertiary/aromatic N) is 3. The van der Waals surface area contributed by atoms with E-state index in [-0.39, 0.29) is 6.10 Å². The average molecular weight is 399 g/mol. The fourth-order valence-corrected chi connectivity index (χ4v) is 4.04. The van der Waals surface area contributed by atoms with Gasteiger partial charge in [0.2, 0.25) is 0 Å². The number of nitrogens with two attached hydrogens (primary N) is 1. The quantitative estimate of drug-likeness (QED) is 0.541. The lowest BCUT2D eigenvalue weighted by Crippen LogP contribution is -2.12. The summed E-state index contributed by atoms with van der Waals surface area (Å²) in [7, 11) is 0. The number of benzene rings is 1. The molecule has 8 heteroatoms. The lowest BCUT2D eigenvalue weighted by atomic mass is 10.1. The van der Waals surface area contributed by atoms with E-state index in [9.17, 15) is 4.79 Å². The van der Waals surface area contributed by atoms with E-state index >= 15 is 0 Å². The number of carbonyl (C=O) groups excluding carboxylic acids is 1. The van der Waals surface area contributed by atoms with E-state index in [0.29, 0.717) is 21.3 Å². The highest BCUT2D eigenvalue weighted by atomic mass is 35.5. The Morgan fingerprint density at radius 1 is 1.30 bits per heavy atom. The fourth-order valence-electron chi connectivity index (χ4n) is 2.82. The summed E-state index contributed by atoms with van der Waals surface area (Å²) in [6.07, 6.45) is 3.04. The number of rotatable bonds is 5. The minimum absolute atomic E-state index is 0.342. The predicted octanol–water partition coefficient (Wildman–Crippen LogP) is 4.35. The zero-order valence-electron chi connectivity index (χ0n) is 14.3. The van der Waals surface area contributed by atoms with Crippen molar-refractivity contribution >= 4 is 34.5 Å². The smallest absolute Gasteiger partial charge is 0.262 e. The number of halogens is 1. The van der Waals surface area contributed by atoms with E-state index in [1.54, 1.807) is 29.0 Å². The molecule has 0 saturated carbocycles. The Labute approximate surface area is 164 Å². The molecule has 0 saturated heterocycles. The third kappa shape index (κ3) is 3.27. The number of thiophene rings is 1. The molecule has 0 bridgehead atoms. The van der Waals surface area contributed by atoms with Gasteiger partial charge in [-0.3, -0.25) is 4.79 Å². The maximum atomic E-state index is 11.9. The van der Waals surface area contributed by atoms with Crippen molar-refractivity contribution in [1.29, 1.82) is 0 Å². The lowest BCUT2D eigenvalue weighted by molar-refractivity contribution is 0.0998. The number of hydrogen-bond acceptors (Lipinski definition) is 5. The standard InChI is InChI=1S/C19H15ClN4O2S/c1-11(12-5-2-3-6-13(12)20)26-15-9-16(27-18(15)19(21)25)14-10-22-17-7-4-8-23-24(14)17/h2-11H,1H3,(H2,21,25)/t11-/m1/s1. The molecular weight excluding hydrogens is 384 g/mol. The monoisotopic (exact) mass is 398 g/mol. The SMILES string of the molecule is C[C@@H](Oc1cc(-c2cnc3cccnn23)sc1C(N)=O)c1ccccc1Cl. The lowest BCUT2D eigenvalue weighted by Gasteiger charge is -2.16. The van der Waals surface area contributed by atoms with Crippen molar-refractivity contribution in [3.05, 3.63) is 70.3 Å². The molecule has 27 heavy (non-hydrogen) atoms. The van der Waals surface area contributed by atoms with Crippen molar-refractivity contribution in [2.45, 2.75) is 13.0 Å². The first-order valence-electron chi connectivity index (χ1n) is 8.18. The van der Waals surface area contributed by atoms with Crippen molar-refractivity contribution in [1.82, 2.24) is 14.6 Å². The average Bonchev–Trinajstić information content (AvgIpc) is 3.26. The Hall–Kier alpha value is -2.90. The Morgan fingerprint density at radius 2 is 2.11 bits per heavy atom. The van der Waals surface area contributed by atoms with Gasteiger partial charge in [-0.1, -0.05) is 29.8 Å². The van der Waals surface area contributed by atoms with Crippen LogP contribution in [0.1, 0.15) is 28.3 Å². The molecule has 0 aliphatic carbocycles. The van der Waals surface area contributed by atoms with Gasteiger partial charge in [0.25, 0.3) is 5.91 Å². The number of imidazole rings is 1. The maximum absolute atomic E-state index is 11.9. The van der Waals surface area contributed by atoms with Gasteiger partial charge < -0.3 is 10.5 Å². The summed E-state index contributed by atoms with van der Waals surface area (Å²) in [6.45, 7) is 1.87. The third-order valence-corrected chi connectivity index (χ3v) is 5.60. The van der Waals surface area contributed by atoms with Crippen LogP contribution >= 0.6 is 22.9 Å². The summed E-state index contributed by atoms with van der Waals surface area (Å²) in [4.78, 5) is 17.4. The van der Waals surface area contributed by atoms with Gasteiger partial charge in [-0.2, -0.15) is 5.10 Å². The van der Waals surface area contributed by atoms with E-state index in [4.69, 9.17) is 22.1 Å². The summed E-state index contributed by atoms with van der Waals surface area (Å²) in [5.41, 5.74) is 7.88. The molecule has 0 aliphatic heterocycles. The van der Waals surface area contributed by atoms with Gasteiger partial charge >= 0.3 is 0 Å². The number of amides is 1. The van der Waals surface area contributed by atoms with Crippen LogP contribution in [0.25, 0.3) is 16.2 Å². The van der Waals surface area contributed by atoms with Crippen LogP contribution in [0.4, 0.5) is 0 Å². The zero-order chi connectivity index (χ0) is 19.0. The number of ether oxygens (including phenoxy) is 1. The predicted molar refractivity (Wildman–Crippen MR) is 105 cm³/mol. The van der Waals surface area contributed by atoms with Gasteiger partial charge in [0.05, 0.1) is 11.1 Å². The minimum Gasteiger partial charge on any atom is -0.484 e. The van der Waals surface area contributed by atoms with Gasteiger partial charge in [-0.05, 0) is 25.1 Å². The van der Waals surface area contributed by atoms with Crippen LogP contribution in [0.15, 0.2) is 54.9 Å². The van der Waals surface area contributed by atoms with Gasteiger partial charge in [0.15, 0.2) is 5.65 Å². The number of aromatic nitrogens is 3. The molecule has 4 rings (SSSR count). The molecule has 0 aliphatic rings. The molecular formula is C19H15ClN4O2S. The molecule has 0 unspecified atom stereocenters. The third-order valence-electron chi connectivity index (χ3n) is 4.10. The number of hydrogen-bond donors (Lipinski definition) is 1. The van der Waals surface area contributed by atoms with Crippen LogP contribution in [0.3, 0.4) is 0 Å². The van der Waals surface area contributed by atoms with E-state index in [0.717, 1.165) is 16.1 Å². The summed E-state index contributed by atoms with van der Waals surface area (Å²) in [5.74, 6) is -0.129. The van der Waals surface area contributed by atoms with Crippen LogP contribution in [-0.2, 0) is 0 Å². The molecule has 2 N–H and O–H groups in total. The highest BCUT2D eigenvalue weighted by Crippen LogP contribution is 2.38. The zero-order valence-corrected chi connectivity index (χ0v) is 15.9. The van der Waals surface area contributed by atoms with Crippen LogP contribution in [0.2, 0.25) is 5.02 Å². The van der Waals surface area contributed by atoms with Crippen molar-refractivity contribution < 1.29 is 9.53 Å². The van der Waals surface area contributed by atoms with Crippen molar-refractivity contribution in [2.24, 2.45) is 5.73 Å². The summed E-state index contributed by atoms with van der Waals surface area (Å²) in [6, 6.07) is 12.9. The van der Waals surface area contributed by atoms with Gasteiger partial charge in [-0.15, -0.1) is 11.3 Å². The number of primary amides is 1. The minimum atomic E-state index is -0.547. The second-order valence-corrected chi connectivity index (χ2v) is 7.35. The molecule has 1 aromatic carbocycles. The van der Waals surface area contributed by atoms with E-state index in [1.807, 2.05) is 37.3 Å². The first-order chi connectivity index (χ1) is 13.0. The Bertz CT molecular complexity index is 1140. The maximum Gasteiger partial charge on any atom is 0.262 e. The van der Waals surface area contributed by atoms with Crippen LogP contribution in [0.5, 0.6) is 5.75 Å². The first-order valence-corrected chi connectivity index (χ1v) is 9.38. The molecule has 1 amide bonds. The number of carbonyl (C=O) groups is 1. The van der Waals surface area contributed by atoms with Gasteiger partial charge in [0.1, 0.15) is 22.4 Å². The molecule has 0 spiro atoms. The summed E-state index contributed by atoms with van der Waals surface area (Å²) in [5, 5.41) is 4.91. The van der Waals surface area contributed by atoms with E-state index in [2.05, 4.69) is 10.1 Å². The highest BCUT2D eigenvalue weighted by Gasteiger charge is 2.21. The van der Waals surface area contributed by atoms with Crippen LogP contribution < -0.4 is 10.5 Å². The van der Waals surface area contributed by atoms with E-state index < -0.39 is 5.91 Å². The highest BCUT2D eigenvalue weighted by molar-refractivity contribution is 7.17. The van der Waals surface area contributed by atoms with Crippen molar-refractivity contribution in [3.63, 3.8) is 0 Å². The molecule has 1 atom stereocenters. The second kappa shape index (κ2) is 7.02.